The Morgan fingerprint density at radius 1 is 1.10 bits per heavy atom. The molecule has 2 aromatic rings. The number of nitrogens with one attached hydrogen (secondary N) is 1. The number of rotatable bonds is 8. The van der Waals surface area contributed by atoms with Gasteiger partial charge in [0, 0.05) is 39.8 Å². The second-order valence-electron chi connectivity index (χ2n) is 7.37. The van der Waals surface area contributed by atoms with Crippen LogP contribution in [0.4, 0.5) is 5.69 Å². The van der Waals surface area contributed by atoms with E-state index in [9.17, 15) is 9.59 Å². The van der Waals surface area contributed by atoms with Gasteiger partial charge in [-0.2, -0.15) is 0 Å². The van der Waals surface area contributed by atoms with Crippen molar-refractivity contribution in [3.63, 3.8) is 0 Å². The molecular formula is C22H29BrN4O3. The molecule has 0 spiro atoms. The van der Waals surface area contributed by atoms with E-state index in [4.69, 9.17) is 4.42 Å². The monoisotopic (exact) mass is 476 g/mol. The maximum atomic E-state index is 12.8. The van der Waals surface area contributed by atoms with E-state index in [1.807, 2.05) is 6.07 Å². The molecule has 1 saturated heterocycles. The summed E-state index contributed by atoms with van der Waals surface area (Å²) >= 11 is 3.21. The van der Waals surface area contributed by atoms with Crippen LogP contribution >= 0.6 is 15.9 Å². The number of nitrogens with zero attached hydrogens (tertiary/aromatic N) is 3. The predicted octanol–water partition coefficient (Wildman–Crippen LogP) is 3.08. The average Bonchev–Trinajstić information content (AvgIpc) is 3.22. The van der Waals surface area contributed by atoms with Crippen LogP contribution in [0, 0.1) is 0 Å². The molecule has 0 saturated carbocycles. The van der Waals surface area contributed by atoms with Crippen molar-refractivity contribution in [1.29, 1.82) is 0 Å². The van der Waals surface area contributed by atoms with E-state index in [1.165, 1.54) is 4.90 Å². The van der Waals surface area contributed by atoms with Gasteiger partial charge in [-0.25, -0.2) is 0 Å². The fourth-order valence-corrected chi connectivity index (χ4v) is 3.90. The largest absolute Gasteiger partial charge is 0.444 e. The Bertz CT molecular complexity index is 862. The number of piperazine rings is 1. The SMILES string of the molecule is CCN1CCN(CCCNC(=O)c2ccccc2N(C)C(=O)c2ccc(Br)o2)CC1. The first-order valence-corrected chi connectivity index (χ1v) is 11.1. The number of hydrogen-bond donors (Lipinski definition) is 1. The minimum absolute atomic E-state index is 0.179. The summed E-state index contributed by atoms with van der Waals surface area (Å²) < 4.78 is 5.84. The maximum absolute atomic E-state index is 12.8. The fraction of sp³-hybridized carbons (Fsp3) is 0.455. The van der Waals surface area contributed by atoms with Gasteiger partial charge >= 0.3 is 0 Å². The van der Waals surface area contributed by atoms with Crippen LogP contribution in [-0.4, -0.2) is 74.5 Å². The highest BCUT2D eigenvalue weighted by Crippen LogP contribution is 2.23. The Morgan fingerprint density at radius 2 is 1.80 bits per heavy atom. The second-order valence-corrected chi connectivity index (χ2v) is 8.15. The molecule has 1 N–H and O–H groups in total. The van der Waals surface area contributed by atoms with E-state index in [2.05, 4.69) is 38.0 Å². The van der Waals surface area contributed by atoms with Crippen molar-refractivity contribution in [3.8, 4) is 0 Å². The number of para-hydroxylation sites is 1. The molecule has 1 aromatic heterocycles. The van der Waals surface area contributed by atoms with Crippen LogP contribution in [0.3, 0.4) is 0 Å². The smallest absolute Gasteiger partial charge is 0.293 e. The molecule has 0 radical (unpaired) electrons. The minimum atomic E-state index is -0.313. The van der Waals surface area contributed by atoms with Gasteiger partial charge in [0.2, 0.25) is 0 Å². The van der Waals surface area contributed by atoms with Gasteiger partial charge in [0.1, 0.15) is 0 Å². The van der Waals surface area contributed by atoms with E-state index in [0.29, 0.717) is 22.5 Å². The van der Waals surface area contributed by atoms with E-state index >= 15 is 0 Å². The molecule has 0 bridgehead atoms. The lowest BCUT2D eigenvalue weighted by molar-refractivity contribution is 0.0948. The van der Waals surface area contributed by atoms with Gasteiger partial charge in [-0.3, -0.25) is 9.59 Å². The highest BCUT2D eigenvalue weighted by molar-refractivity contribution is 9.10. The van der Waals surface area contributed by atoms with E-state index in [0.717, 1.165) is 45.7 Å². The van der Waals surface area contributed by atoms with Crippen molar-refractivity contribution in [2.45, 2.75) is 13.3 Å². The van der Waals surface area contributed by atoms with Gasteiger partial charge in [-0.15, -0.1) is 0 Å². The molecule has 1 fully saturated rings. The zero-order valence-corrected chi connectivity index (χ0v) is 19.2. The van der Waals surface area contributed by atoms with Crippen LogP contribution in [0.5, 0.6) is 0 Å². The van der Waals surface area contributed by atoms with Crippen molar-refractivity contribution in [1.82, 2.24) is 15.1 Å². The highest BCUT2D eigenvalue weighted by atomic mass is 79.9. The van der Waals surface area contributed by atoms with Crippen molar-refractivity contribution in [2.75, 3.05) is 57.8 Å². The van der Waals surface area contributed by atoms with Gasteiger partial charge in [-0.05, 0) is 59.7 Å². The van der Waals surface area contributed by atoms with Crippen LogP contribution in [0.1, 0.15) is 34.3 Å². The Morgan fingerprint density at radius 3 is 2.47 bits per heavy atom. The Hall–Kier alpha value is -2.16. The van der Waals surface area contributed by atoms with Crippen LogP contribution in [0.25, 0.3) is 0 Å². The summed E-state index contributed by atoms with van der Waals surface area (Å²) in [5, 5.41) is 2.99. The van der Waals surface area contributed by atoms with Crippen molar-refractivity contribution in [3.05, 3.63) is 52.4 Å². The zero-order chi connectivity index (χ0) is 21.5. The van der Waals surface area contributed by atoms with Gasteiger partial charge in [0.05, 0.1) is 11.3 Å². The number of hydrogen-bond acceptors (Lipinski definition) is 5. The van der Waals surface area contributed by atoms with Gasteiger partial charge in [0.25, 0.3) is 11.8 Å². The molecule has 0 unspecified atom stereocenters. The number of furan rings is 1. The Balaban J connectivity index is 1.53. The van der Waals surface area contributed by atoms with Crippen molar-refractivity contribution in [2.24, 2.45) is 0 Å². The molecule has 1 aromatic carbocycles. The van der Waals surface area contributed by atoms with Gasteiger partial charge in [-0.1, -0.05) is 19.1 Å². The average molecular weight is 477 g/mol. The summed E-state index contributed by atoms with van der Waals surface area (Å²) in [7, 11) is 1.64. The Labute approximate surface area is 186 Å². The number of benzene rings is 1. The topological polar surface area (TPSA) is 69.0 Å². The molecule has 8 heteroatoms. The molecular weight excluding hydrogens is 448 g/mol. The first-order chi connectivity index (χ1) is 14.5. The summed E-state index contributed by atoms with van der Waals surface area (Å²) in [4.78, 5) is 31.8. The molecule has 1 aliphatic heterocycles. The molecule has 1 aliphatic rings. The minimum Gasteiger partial charge on any atom is -0.444 e. The molecule has 0 aliphatic carbocycles. The van der Waals surface area contributed by atoms with Crippen molar-refractivity contribution < 1.29 is 14.0 Å². The zero-order valence-electron chi connectivity index (χ0n) is 17.6. The first-order valence-electron chi connectivity index (χ1n) is 10.3. The van der Waals surface area contributed by atoms with E-state index < -0.39 is 0 Å². The standard InChI is InChI=1S/C22H29BrN4O3/c1-3-26-13-15-27(16-14-26)12-6-11-24-21(28)17-7-4-5-8-18(17)25(2)22(29)19-9-10-20(23)30-19/h4-5,7-10H,3,6,11-16H2,1-2H3,(H,24,28). The lowest BCUT2D eigenvalue weighted by Gasteiger charge is -2.33. The molecule has 0 atom stereocenters. The lowest BCUT2D eigenvalue weighted by Crippen LogP contribution is -2.46. The number of halogens is 1. The quantitative estimate of drug-likeness (QED) is 0.592. The number of amides is 2. The molecule has 7 nitrogen and oxygen atoms in total. The maximum Gasteiger partial charge on any atom is 0.293 e. The Kier molecular flexibility index (Phi) is 8.07. The van der Waals surface area contributed by atoms with Crippen LogP contribution in [-0.2, 0) is 0 Å². The van der Waals surface area contributed by atoms with Gasteiger partial charge in [0.15, 0.2) is 10.4 Å². The van der Waals surface area contributed by atoms with E-state index in [1.54, 1.807) is 37.4 Å². The third kappa shape index (κ3) is 5.71. The van der Waals surface area contributed by atoms with Crippen LogP contribution in [0.2, 0.25) is 0 Å². The molecule has 162 valence electrons. The summed E-state index contributed by atoms with van der Waals surface area (Å²) in [6.07, 6.45) is 0.898. The predicted molar refractivity (Wildman–Crippen MR) is 121 cm³/mol. The van der Waals surface area contributed by atoms with E-state index in [-0.39, 0.29) is 17.6 Å². The lowest BCUT2D eigenvalue weighted by atomic mass is 10.1. The number of carbonyl (C=O) groups excluding carboxylic acids is 2. The summed E-state index contributed by atoms with van der Waals surface area (Å²) in [5.74, 6) is -0.281. The molecule has 2 amide bonds. The van der Waals surface area contributed by atoms with Gasteiger partial charge < -0.3 is 24.4 Å². The molecule has 3 rings (SSSR count). The summed E-state index contributed by atoms with van der Waals surface area (Å²) in [6, 6.07) is 10.4. The van der Waals surface area contributed by atoms with Crippen molar-refractivity contribution >= 4 is 33.4 Å². The number of anilines is 1. The molecule has 30 heavy (non-hydrogen) atoms. The first kappa shape index (κ1) is 22.5. The second kappa shape index (κ2) is 10.7. The van der Waals surface area contributed by atoms with Crippen LogP contribution in [0.15, 0.2) is 45.5 Å². The normalized spacial score (nSPS) is 15.2. The fourth-order valence-electron chi connectivity index (χ4n) is 3.59. The number of likely N-dealkylation sites (N-methyl/N-ethyl adjacent to an activating group) is 1. The highest BCUT2D eigenvalue weighted by Gasteiger charge is 2.22. The summed E-state index contributed by atoms with van der Waals surface area (Å²) in [6.45, 7) is 9.28. The third-order valence-electron chi connectivity index (χ3n) is 5.45. The summed E-state index contributed by atoms with van der Waals surface area (Å²) in [5.41, 5.74) is 1.01. The third-order valence-corrected chi connectivity index (χ3v) is 5.87. The van der Waals surface area contributed by atoms with Crippen LogP contribution < -0.4 is 10.2 Å². The number of carbonyl (C=O) groups is 2. The molecule has 2 heterocycles.